The van der Waals surface area contributed by atoms with E-state index in [2.05, 4.69) is 10.3 Å². The number of amides is 1. The van der Waals surface area contributed by atoms with E-state index in [4.69, 9.17) is 4.74 Å². The van der Waals surface area contributed by atoms with Crippen LogP contribution in [0.3, 0.4) is 0 Å². The zero-order chi connectivity index (χ0) is 19.0. The molecule has 0 saturated heterocycles. The Bertz CT molecular complexity index is 1080. The van der Waals surface area contributed by atoms with Crippen LogP contribution in [0.1, 0.15) is 37.4 Å². The van der Waals surface area contributed by atoms with Crippen LogP contribution in [-0.2, 0) is 11.8 Å². The van der Waals surface area contributed by atoms with Crippen LogP contribution >= 0.6 is 22.7 Å². The number of fused-ring (bicyclic) bond motifs is 1. The van der Waals surface area contributed by atoms with Crippen molar-refractivity contribution >= 4 is 49.8 Å². The summed E-state index contributed by atoms with van der Waals surface area (Å²) in [6, 6.07) is 1.69. The molecule has 0 saturated carbocycles. The summed E-state index contributed by atoms with van der Waals surface area (Å²) in [5, 5.41) is 3.65. The van der Waals surface area contributed by atoms with E-state index in [1.807, 2.05) is 6.92 Å². The number of anilines is 1. The summed E-state index contributed by atoms with van der Waals surface area (Å²) in [6.07, 6.45) is 1.43. The third-order valence-electron chi connectivity index (χ3n) is 3.79. The molecule has 3 aromatic heterocycles. The van der Waals surface area contributed by atoms with E-state index in [0.29, 0.717) is 31.2 Å². The number of ether oxygens (including phenoxy) is 1. The summed E-state index contributed by atoms with van der Waals surface area (Å²) in [5.74, 6) is -0.851. The second kappa shape index (κ2) is 7.00. The van der Waals surface area contributed by atoms with Crippen LogP contribution in [0.15, 0.2) is 17.2 Å². The van der Waals surface area contributed by atoms with Crippen LogP contribution in [0.4, 0.5) is 5.00 Å². The number of thiophene rings is 2. The first-order valence-electron chi connectivity index (χ1n) is 7.87. The molecule has 7 nitrogen and oxygen atoms in total. The summed E-state index contributed by atoms with van der Waals surface area (Å²) in [5.41, 5.74) is 0.722. The minimum atomic E-state index is -0.476. The molecular formula is C17H17N3O4S2. The number of aromatic nitrogens is 2. The van der Waals surface area contributed by atoms with Crippen LogP contribution < -0.4 is 10.9 Å². The van der Waals surface area contributed by atoms with Crippen molar-refractivity contribution in [3.8, 4) is 0 Å². The Morgan fingerprint density at radius 1 is 1.31 bits per heavy atom. The number of hydrogen-bond donors (Lipinski definition) is 1. The number of nitrogens with one attached hydrogen (secondary N) is 1. The van der Waals surface area contributed by atoms with E-state index in [9.17, 15) is 14.4 Å². The Labute approximate surface area is 157 Å². The molecule has 3 aromatic rings. The van der Waals surface area contributed by atoms with Crippen LogP contribution in [0.2, 0.25) is 0 Å². The van der Waals surface area contributed by atoms with Gasteiger partial charge in [-0.05, 0) is 32.4 Å². The molecule has 9 heteroatoms. The number of aryl methyl sites for hydroxylation is 3. The van der Waals surface area contributed by atoms with Gasteiger partial charge in [0.2, 0.25) is 0 Å². The lowest BCUT2D eigenvalue weighted by molar-refractivity contribution is 0.0528. The normalized spacial score (nSPS) is 10.9. The summed E-state index contributed by atoms with van der Waals surface area (Å²) in [7, 11) is 1.62. The summed E-state index contributed by atoms with van der Waals surface area (Å²) >= 11 is 2.46. The molecule has 3 heterocycles. The highest BCUT2D eigenvalue weighted by Crippen LogP contribution is 2.31. The molecule has 1 amide bonds. The molecule has 26 heavy (non-hydrogen) atoms. The molecule has 0 bridgehead atoms. The van der Waals surface area contributed by atoms with Crippen molar-refractivity contribution in [1.82, 2.24) is 9.55 Å². The lowest BCUT2D eigenvalue weighted by atomic mass is 10.2. The van der Waals surface area contributed by atoms with E-state index in [1.165, 1.54) is 22.2 Å². The molecule has 0 aromatic carbocycles. The maximum Gasteiger partial charge on any atom is 0.341 e. The number of carbonyl (C=O) groups is 2. The molecule has 3 rings (SSSR count). The largest absolute Gasteiger partial charge is 0.462 e. The predicted octanol–water partition coefficient (Wildman–Crippen LogP) is 3.10. The Morgan fingerprint density at radius 2 is 2.04 bits per heavy atom. The van der Waals surface area contributed by atoms with E-state index in [1.54, 1.807) is 27.0 Å². The fourth-order valence-corrected chi connectivity index (χ4v) is 4.48. The molecule has 0 atom stereocenters. The van der Waals surface area contributed by atoms with Crippen molar-refractivity contribution in [1.29, 1.82) is 0 Å². The van der Waals surface area contributed by atoms with Crippen molar-refractivity contribution in [2.75, 3.05) is 11.9 Å². The van der Waals surface area contributed by atoms with E-state index < -0.39 is 5.97 Å². The average molecular weight is 391 g/mol. The van der Waals surface area contributed by atoms with Gasteiger partial charge in [-0.1, -0.05) is 0 Å². The van der Waals surface area contributed by atoms with Crippen molar-refractivity contribution in [2.24, 2.45) is 7.05 Å². The van der Waals surface area contributed by atoms with Crippen LogP contribution in [0.5, 0.6) is 0 Å². The molecule has 0 spiro atoms. The second-order valence-electron chi connectivity index (χ2n) is 5.67. The Hall–Kier alpha value is -2.52. The van der Waals surface area contributed by atoms with Crippen molar-refractivity contribution in [2.45, 2.75) is 20.8 Å². The molecule has 0 fully saturated rings. The maximum absolute atomic E-state index is 12.8. The van der Waals surface area contributed by atoms with Gasteiger partial charge in [-0.3, -0.25) is 9.59 Å². The first-order chi connectivity index (χ1) is 12.3. The number of esters is 1. The smallest absolute Gasteiger partial charge is 0.341 e. The summed E-state index contributed by atoms with van der Waals surface area (Å²) in [4.78, 5) is 43.1. The Kier molecular flexibility index (Phi) is 4.92. The number of carbonyl (C=O) groups excluding carboxylic acids is 2. The van der Waals surface area contributed by atoms with Crippen molar-refractivity contribution in [3.05, 3.63) is 43.6 Å². The molecule has 0 aliphatic carbocycles. The van der Waals surface area contributed by atoms with Crippen molar-refractivity contribution in [3.63, 3.8) is 0 Å². The topological polar surface area (TPSA) is 90.3 Å². The lowest BCUT2D eigenvalue weighted by Crippen LogP contribution is -2.17. The molecule has 0 radical (unpaired) electrons. The van der Waals surface area contributed by atoms with Gasteiger partial charge >= 0.3 is 5.97 Å². The lowest BCUT2D eigenvalue weighted by Gasteiger charge is -2.05. The number of nitrogens with zero attached hydrogens (tertiary/aromatic N) is 2. The summed E-state index contributed by atoms with van der Waals surface area (Å²) in [6.45, 7) is 5.55. The van der Waals surface area contributed by atoms with Gasteiger partial charge in [0.25, 0.3) is 11.5 Å². The summed E-state index contributed by atoms with van der Waals surface area (Å²) < 4.78 is 6.42. The van der Waals surface area contributed by atoms with Gasteiger partial charge in [0.15, 0.2) is 0 Å². The van der Waals surface area contributed by atoms with Gasteiger partial charge in [0.05, 0.1) is 28.8 Å². The predicted molar refractivity (Wildman–Crippen MR) is 103 cm³/mol. The minimum Gasteiger partial charge on any atom is -0.462 e. The van der Waals surface area contributed by atoms with Gasteiger partial charge in [-0.25, -0.2) is 9.78 Å². The molecular weight excluding hydrogens is 374 g/mol. The monoisotopic (exact) mass is 391 g/mol. The average Bonchev–Trinajstić information content (AvgIpc) is 3.12. The zero-order valence-corrected chi connectivity index (χ0v) is 16.3. The standard InChI is InChI=1S/C17H17N3O4S2/c1-5-24-17(23)10-6-8(2)25-14(10)19-13(21)12-9(3)11-15(26-12)18-7-20(4)16(11)22/h6-7H,5H2,1-4H3,(H,19,21). The highest BCUT2D eigenvalue weighted by molar-refractivity contribution is 7.21. The van der Waals surface area contributed by atoms with Gasteiger partial charge < -0.3 is 14.6 Å². The highest BCUT2D eigenvalue weighted by atomic mass is 32.1. The fraction of sp³-hybridized carbons (Fsp3) is 0.294. The number of hydrogen-bond acceptors (Lipinski definition) is 7. The van der Waals surface area contributed by atoms with Crippen LogP contribution in [0, 0.1) is 13.8 Å². The third kappa shape index (κ3) is 3.15. The molecule has 0 aliphatic heterocycles. The molecule has 0 aliphatic rings. The molecule has 1 N–H and O–H groups in total. The molecule has 0 unspecified atom stereocenters. The Balaban J connectivity index is 1.98. The SMILES string of the molecule is CCOC(=O)c1cc(C)sc1NC(=O)c1sc2ncn(C)c(=O)c2c1C. The van der Waals surface area contributed by atoms with Gasteiger partial charge in [0, 0.05) is 11.9 Å². The van der Waals surface area contributed by atoms with Gasteiger partial charge in [-0.2, -0.15) is 0 Å². The van der Waals surface area contributed by atoms with Gasteiger partial charge in [-0.15, -0.1) is 22.7 Å². The van der Waals surface area contributed by atoms with E-state index in [-0.39, 0.29) is 18.1 Å². The third-order valence-corrected chi connectivity index (χ3v) is 5.96. The first kappa shape index (κ1) is 18.3. The van der Waals surface area contributed by atoms with Crippen molar-refractivity contribution < 1.29 is 14.3 Å². The van der Waals surface area contributed by atoms with E-state index in [0.717, 1.165) is 16.2 Å². The Morgan fingerprint density at radius 3 is 2.73 bits per heavy atom. The zero-order valence-electron chi connectivity index (χ0n) is 14.7. The quantitative estimate of drug-likeness (QED) is 0.690. The highest BCUT2D eigenvalue weighted by Gasteiger charge is 2.22. The van der Waals surface area contributed by atoms with E-state index >= 15 is 0 Å². The maximum atomic E-state index is 12.8. The van der Waals surface area contributed by atoms with Crippen LogP contribution in [-0.4, -0.2) is 28.0 Å². The van der Waals surface area contributed by atoms with Crippen LogP contribution in [0.25, 0.3) is 10.2 Å². The fourth-order valence-electron chi connectivity index (χ4n) is 2.55. The number of rotatable bonds is 4. The first-order valence-corrected chi connectivity index (χ1v) is 9.50. The minimum absolute atomic E-state index is 0.193. The van der Waals surface area contributed by atoms with Gasteiger partial charge in [0.1, 0.15) is 9.83 Å². The second-order valence-corrected chi connectivity index (χ2v) is 7.93. The molecule has 136 valence electrons.